The largest absolute Gasteiger partial charge is 0.495 e. The minimum Gasteiger partial charge on any atom is -0.495 e. The molecular weight excluding hydrogens is 406 g/mol. The summed E-state index contributed by atoms with van der Waals surface area (Å²) >= 11 is 1.40. The number of carbonyl (C=O) groups excluding carboxylic acids is 1. The molecule has 0 saturated heterocycles. The molecule has 1 aromatic heterocycles. The number of hydrogen-bond acceptors (Lipinski definition) is 8. The molecule has 0 fully saturated rings. The minimum absolute atomic E-state index is 0.160. The molecule has 0 saturated carbocycles. The highest BCUT2D eigenvalue weighted by Gasteiger charge is 2.25. The van der Waals surface area contributed by atoms with Crippen molar-refractivity contribution in [3.05, 3.63) is 35.9 Å². The fraction of sp³-hybridized carbons (Fsp3) is 0.333. The van der Waals surface area contributed by atoms with Crippen LogP contribution in [0.1, 0.15) is 10.4 Å². The van der Waals surface area contributed by atoms with E-state index in [9.17, 15) is 4.79 Å². The van der Waals surface area contributed by atoms with Gasteiger partial charge in [0.1, 0.15) is 21.7 Å². The lowest BCUT2D eigenvalue weighted by molar-refractivity contribution is 0.0984. The SMILES string of the molecule is COc1ccc(OC)c2sc(N(CCN(C)C)C(=O)c3ccc4c(c3)OCO4)nc12. The number of aromatic nitrogens is 1. The normalized spacial score (nSPS) is 12.4. The number of ether oxygens (including phenoxy) is 4. The van der Waals surface area contributed by atoms with Crippen LogP contribution >= 0.6 is 11.3 Å². The average molecular weight is 429 g/mol. The van der Waals surface area contributed by atoms with Crippen LogP contribution in [0.4, 0.5) is 5.13 Å². The molecule has 2 aromatic carbocycles. The van der Waals surface area contributed by atoms with Gasteiger partial charge < -0.3 is 23.8 Å². The second-order valence-corrected chi connectivity index (χ2v) is 7.95. The van der Waals surface area contributed by atoms with Gasteiger partial charge in [-0.15, -0.1) is 0 Å². The molecule has 9 heteroatoms. The first-order valence-electron chi connectivity index (χ1n) is 9.39. The van der Waals surface area contributed by atoms with Crippen LogP contribution in [0.25, 0.3) is 10.2 Å². The lowest BCUT2D eigenvalue weighted by Gasteiger charge is -2.22. The van der Waals surface area contributed by atoms with Crippen LogP contribution in [0.15, 0.2) is 30.3 Å². The minimum atomic E-state index is -0.160. The van der Waals surface area contributed by atoms with E-state index in [0.717, 1.165) is 4.70 Å². The highest BCUT2D eigenvalue weighted by atomic mass is 32.1. The second-order valence-electron chi connectivity index (χ2n) is 6.97. The summed E-state index contributed by atoms with van der Waals surface area (Å²) < 4.78 is 22.6. The summed E-state index contributed by atoms with van der Waals surface area (Å²) in [4.78, 5) is 21.9. The zero-order valence-electron chi connectivity index (χ0n) is 17.3. The molecule has 8 nitrogen and oxygen atoms in total. The Morgan fingerprint density at radius 2 is 1.80 bits per heavy atom. The van der Waals surface area contributed by atoms with Crippen LogP contribution in [0.2, 0.25) is 0 Å². The van der Waals surface area contributed by atoms with Crippen molar-refractivity contribution >= 4 is 32.6 Å². The number of methoxy groups -OCH3 is 2. The van der Waals surface area contributed by atoms with Crippen molar-refractivity contribution in [2.24, 2.45) is 0 Å². The van der Waals surface area contributed by atoms with Gasteiger partial charge in [-0.1, -0.05) is 11.3 Å². The molecule has 30 heavy (non-hydrogen) atoms. The van der Waals surface area contributed by atoms with E-state index in [0.29, 0.717) is 52.3 Å². The van der Waals surface area contributed by atoms with Crippen molar-refractivity contribution in [3.63, 3.8) is 0 Å². The fourth-order valence-corrected chi connectivity index (χ4v) is 4.26. The number of rotatable bonds is 7. The Bertz CT molecular complexity index is 1040. The molecule has 0 bridgehead atoms. The van der Waals surface area contributed by atoms with Gasteiger partial charge in [-0.25, -0.2) is 4.98 Å². The Balaban J connectivity index is 1.76. The van der Waals surface area contributed by atoms with Gasteiger partial charge in [0.2, 0.25) is 6.79 Å². The third-order valence-electron chi connectivity index (χ3n) is 4.77. The van der Waals surface area contributed by atoms with Gasteiger partial charge in [0.15, 0.2) is 16.6 Å². The lowest BCUT2D eigenvalue weighted by Crippen LogP contribution is -2.36. The van der Waals surface area contributed by atoms with E-state index >= 15 is 0 Å². The summed E-state index contributed by atoms with van der Waals surface area (Å²) in [5.41, 5.74) is 1.18. The van der Waals surface area contributed by atoms with Crippen molar-refractivity contribution in [2.75, 3.05) is 53.1 Å². The number of hydrogen-bond donors (Lipinski definition) is 0. The molecule has 4 rings (SSSR count). The maximum atomic E-state index is 13.5. The monoisotopic (exact) mass is 429 g/mol. The summed E-state index contributed by atoms with van der Waals surface area (Å²) in [7, 11) is 7.14. The smallest absolute Gasteiger partial charge is 0.260 e. The maximum Gasteiger partial charge on any atom is 0.260 e. The van der Waals surface area contributed by atoms with Gasteiger partial charge in [0, 0.05) is 18.7 Å². The molecule has 0 atom stereocenters. The Morgan fingerprint density at radius 3 is 2.53 bits per heavy atom. The van der Waals surface area contributed by atoms with Crippen molar-refractivity contribution in [1.82, 2.24) is 9.88 Å². The van der Waals surface area contributed by atoms with E-state index in [1.807, 2.05) is 31.1 Å². The Hall–Kier alpha value is -3.04. The molecule has 1 amide bonds. The third kappa shape index (κ3) is 3.73. The number of carbonyl (C=O) groups is 1. The summed E-state index contributed by atoms with van der Waals surface area (Å²) in [5, 5.41) is 0.581. The average Bonchev–Trinajstić information content (AvgIpc) is 3.39. The number of nitrogens with zero attached hydrogens (tertiary/aromatic N) is 3. The number of likely N-dealkylation sites (N-methyl/N-ethyl adjacent to an activating group) is 1. The van der Waals surface area contributed by atoms with Gasteiger partial charge >= 0.3 is 0 Å². The van der Waals surface area contributed by atoms with Crippen LogP contribution in [0.5, 0.6) is 23.0 Å². The van der Waals surface area contributed by atoms with Gasteiger partial charge in [0.25, 0.3) is 5.91 Å². The Kier molecular flexibility index (Phi) is 5.65. The van der Waals surface area contributed by atoms with E-state index in [2.05, 4.69) is 0 Å². The number of fused-ring (bicyclic) bond motifs is 2. The van der Waals surface area contributed by atoms with E-state index < -0.39 is 0 Å². The molecule has 0 radical (unpaired) electrons. The number of amides is 1. The van der Waals surface area contributed by atoms with Gasteiger partial charge in [-0.05, 0) is 44.4 Å². The number of thiazole rings is 1. The lowest BCUT2D eigenvalue weighted by atomic mass is 10.2. The van der Waals surface area contributed by atoms with E-state index in [1.165, 1.54) is 11.3 Å². The number of anilines is 1. The molecule has 1 aliphatic heterocycles. The third-order valence-corrected chi connectivity index (χ3v) is 5.86. The van der Waals surface area contributed by atoms with Gasteiger partial charge in [0.05, 0.1) is 14.2 Å². The van der Waals surface area contributed by atoms with E-state index in [-0.39, 0.29) is 12.7 Å². The predicted octanol–water partition coefficient (Wildman–Crippen LogP) is 3.25. The fourth-order valence-electron chi connectivity index (χ4n) is 3.16. The van der Waals surface area contributed by atoms with Gasteiger partial charge in [-0.2, -0.15) is 0 Å². The zero-order chi connectivity index (χ0) is 21.3. The molecule has 158 valence electrons. The highest BCUT2D eigenvalue weighted by Crippen LogP contribution is 2.40. The second kappa shape index (κ2) is 8.37. The van der Waals surface area contributed by atoms with E-state index in [1.54, 1.807) is 37.3 Å². The summed E-state index contributed by atoms with van der Waals surface area (Å²) in [5.74, 6) is 2.38. The van der Waals surface area contributed by atoms with Crippen LogP contribution < -0.4 is 23.8 Å². The summed E-state index contributed by atoms with van der Waals surface area (Å²) in [6.45, 7) is 1.32. The van der Waals surface area contributed by atoms with Crippen LogP contribution in [0.3, 0.4) is 0 Å². The van der Waals surface area contributed by atoms with Crippen LogP contribution in [-0.2, 0) is 0 Å². The topological polar surface area (TPSA) is 73.4 Å². The first kappa shape index (κ1) is 20.2. The molecule has 1 aliphatic rings. The van der Waals surface area contributed by atoms with E-state index in [4.69, 9.17) is 23.9 Å². The summed E-state index contributed by atoms with van der Waals surface area (Å²) in [6, 6.07) is 8.86. The Labute approximate surface area is 178 Å². The van der Waals surface area contributed by atoms with Gasteiger partial charge in [-0.3, -0.25) is 9.69 Å². The maximum absolute atomic E-state index is 13.5. The highest BCUT2D eigenvalue weighted by molar-refractivity contribution is 7.22. The van der Waals surface area contributed by atoms with Crippen molar-refractivity contribution < 1.29 is 23.7 Å². The first-order valence-corrected chi connectivity index (χ1v) is 10.2. The first-order chi connectivity index (χ1) is 14.5. The quantitative estimate of drug-likeness (QED) is 0.571. The van der Waals surface area contributed by atoms with Crippen molar-refractivity contribution in [3.8, 4) is 23.0 Å². The van der Waals surface area contributed by atoms with Crippen molar-refractivity contribution in [2.45, 2.75) is 0 Å². The van der Waals surface area contributed by atoms with Crippen molar-refractivity contribution in [1.29, 1.82) is 0 Å². The zero-order valence-corrected chi connectivity index (χ0v) is 18.1. The molecular formula is C21H23N3O5S. The predicted molar refractivity (Wildman–Crippen MR) is 116 cm³/mol. The summed E-state index contributed by atoms with van der Waals surface area (Å²) in [6.07, 6.45) is 0. The molecule has 2 heterocycles. The molecule has 0 N–H and O–H groups in total. The van der Waals surface area contributed by atoms with Crippen LogP contribution in [0, 0.1) is 0 Å². The van der Waals surface area contributed by atoms with Crippen LogP contribution in [-0.4, -0.2) is 64.0 Å². The Morgan fingerprint density at radius 1 is 1.07 bits per heavy atom. The number of benzene rings is 2. The standard InChI is InChI=1S/C21H23N3O5S/c1-23(2)9-10-24(20(25)13-5-6-14-17(11-13)29-12-28-14)21-22-18-15(26-3)7-8-16(27-4)19(18)30-21/h5-8,11H,9-10,12H2,1-4H3. The molecule has 0 spiro atoms. The molecule has 3 aromatic rings. The molecule has 0 unspecified atom stereocenters. The molecule has 0 aliphatic carbocycles.